The Balaban J connectivity index is 2.00. The minimum Gasteiger partial charge on any atom is -0.481 e. The van der Waals surface area contributed by atoms with Crippen molar-refractivity contribution >= 4 is 17.9 Å². The molecule has 3 amide bonds. The van der Waals surface area contributed by atoms with E-state index in [1.807, 2.05) is 0 Å². The van der Waals surface area contributed by atoms with Gasteiger partial charge in [-0.1, -0.05) is 0 Å². The molecule has 0 saturated carbocycles. The fourth-order valence-corrected chi connectivity index (χ4v) is 2.48. The van der Waals surface area contributed by atoms with E-state index in [0.29, 0.717) is 19.6 Å². The van der Waals surface area contributed by atoms with Crippen LogP contribution in [0.2, 0.25) is 0 Å². The maximum Gasteiger partial charge on any atom is 0.320 e. The zero-order valence-corrected chi connectivity index (χ0v) is 11.4. The van der Waals surface area contributed by atoms with Gasteiger partial charge < -0.3 is 25.0 Å². The van der Waals surface area contributed by atoms with Crippen LogP contribution < -0.4 is 5.32 Å². The zero-order chi connectivity index (χ0) is 14.7. The first kappa shape index (κ1) is 14.6. The maximum absolute atomic E-state index is 12.4. The molecule has 20 heavy (non-hydrogen) atoms. The van der Waals surface area contributed by atoms with E-state index in [1.54, 1.807) is 11.9 Å². The lowest BCUT2D eigenvalue weighted by Crippen LogP contribution is -2.50. The first-order valence-corrected chi connectivity index (χ1v) is 6.59. The Morgan fingerprint density at radius 3 is 2.85 bits per heavy atom. The van der Waals surface area contributed by atoms with E-state index >= 15 is 0 Å². The van der Waals surface area contributed by atoms with Crippen LogP contribution in [-0.4, -0.2) is 78.8 Å². The molecule has 0 aromatic carbocycles. The lowest BCUT2D eigenvalue weighted by molar-refractivity contribution is -0.142. The van der Waals surface area contributed by atoms with Gasteiger partial charge in [0.05, 0.1) is 19.3 Å². The van der Waals surface area contributed by atoms with Gasteiger partial charge in [0.1, 0.15) is 5.92 Å². The maximum atomic E-state index is 12.4. The number of nitrogens with one attached hydrogen (secondary N) is 1. The molecule has 2 saturated heterocycles. The average Bonchev–Trinajstić information content (AvgIpc) is 2.81. The highest BCUT2D eigenvalue weighted by molar-refractivity contribution is 5.80. The van der Waals surface area contributed by atoms with Crippen molar-refractivity contribution in [2.45, 2.75) is 12.5 Å². The zero-order valence-electron chi connectivity index (χ0n) is 11.4. The third-order valence-corrected chi connectivity index (χ3v) is 3.75. The Kier molecular flexibility index (Phi) is 4.43. The monoisotopic (exact) mass is 285 g/mol. The summed E-state index contributed by atoms with van der Waals surface area (Å²) in [4.78, 5) is 37.7. The molecule has 112 valence electrons. The number of hydrogen-bond acceptors (Lipinski definition) is 4. The Hall–Kier alpha value is -1.83. The van der Waals surface area contributed by atoms with Gasteiger partial charge in [0, 0.05) is 33.1 Å². The van der Waals surface area contributed by atoms with Gasteiger partial charge in [-0.15, -0.1) is 0 Å². The number of carboxylic acid groups (broad SMARTS) is 1. The predicted octanol–water partition coefficient (Wildman–Crippen LogP) is -1.04. The summed E-state index contributed by atoms with van der Waals surface area (Å²) in [6.07, 6.45) is 0.267. The van der Waals surface area contributed by atoms with Crippen LogP contribution in [0, 0.1) is 5.92 Å². The van der Waals surface area contributed by atoms with Crippen molar-refractivity contribution in [3.05, 3.63) is 0 Å². The number of amides is 3. The number of ether oxygens (including phenoxy) is 1. The molecule has 2 unspecified atom stereocenters. The number of carbonyl (C=O) groups is 3. The topological polar surface area (TPSA) is 99.2 Å². The van der Waals surface area contributed by atoms with Crippen molar-refractivity contribution in [3.8, 4) is 0 Å². The third kappa shape index (κ3) is 3.01. The van der Waals surface area contributed by atoms with E-state index in [1.165, 1.54) is 4.90 Å². The van der Waals surface area contributed by atoms with E-state index in [2.05, 4.69) is 5.32 Å². The summed E-state index contributed by atoms with van der Waals surface area (Å²) in [6.45, 7) is 1.55. The van der Waals surface area contributed by atoms with Gasteiger partial charge in [-0.25, -0.2) is 4.79 Å². The number of urea groups is 1. The van der Waals surface area contributed by atoms with Gasteiger partial charge >= 0.3 is 12.0 Å². The second-order valence-corrected chi connectivity index (χ2v) is 5.03. The van der Waals surface area contributed by atoms with E-state index in [9.17, 15) is 14.4 Å². The summed E-state index contributed by atoms with van der Waals surface area (Å²) in [5, 5.41) is 11.8. The highest BCUT2D eigenvalue weighted by Gasteiger charge is 2.39. The SMILES string of the molecule is CN(C(=O)N1CCNC(=O)CC1)C1COCC1C(=O)O. The van der Waals surface area contributed by atoms with Crippen LogP contribution >= 0.6 is 0 Å². The molecule has 0 aliphatic carbocycles. The molecule has 2 heterocycles. The third-order valence-electron chi connectivity index (χ3n) is 3.75. The molecule has 2 aliphatic rings. The first-order chi connectivity index (χ1) is 9.50. The van der Waals surface area contributed by atoms with E-state index < -0.39 is 17.9 Å². The molecule has 8 nitrogen and oxygen atoms in total. The minimum atomic E-state index is -0.958. The number of rotatable bonds is 2. The van der Waals surface area contributed by atoms with Gasteiger partial charge in [0.2, 0.25) is 5.91 Å². The van der Waals surface area contributed by atoms with E-state index in [-0.39, 0.29) is 31.6 Å². The Morgan fingerprint density at radius 1 is 1.40 bits per heavy atom. The molecule has 2 atom stereocenters. The number of hydrogen-bond donors (Lipinski definition) is 2. The molecular formula is C12H19N3O5. The lowest BCUT2D eigenvalue weighted by Gasteiger charge is -2.31. The smallest absolute Gasteiger partial charge is 0.320 e. The van der Waals surface area contributed by atoms with Crippen LogP contribution in [0.4, 0.5) is 4.79 Å². The van der Waals surface area contributed by atoms with Gasteiger partial charge in [-0.05, 0) is 0 Å². The van der Waals surface area contributed by atoms with Crippen LogP contribution in [0.3, 0.4) is 0 Å². The summed E-state index contributed by atoms with van der Waals surface area (Å²) < 4.78 is 5.17. The number of carbonyl (C=O) groups excluding carboxylic acids is 2. The van der Waals surface area contributed by atoms with Crippen LogP contribution in [0.15, 0.2) is 0 Å². The largest absolute Gasteiger partial charge is 0.481 e. The van der Waals surface area contributed by atoms with Gasteiger partial charge in [0.15, 0.2) is 0 Å². The second-order valence-electron chi connectivity index (χ2n) is 5.03. The number of carboxylic acids is 1. The quantitative estimate of drug-likeness (QED) is 0.675. The minimum absolute atomic E-state index is 0.0736. The molecule has 8 heteroatoms. The summed E-state index contributed by atoms with van der Waals surface area (Å²) >= 11 is 0. The van der Waals surface area contributed by atoms with E-state index in [4.69, 9.17) is 9.84 Å². The fourth-order valence-electron chi connectivity index (χ4n) is 2.48. The highest BCUT2D eigenvalue weighted by Crippen LogP contribution is 2.20. The van der Waals surface area contributed by atoms with Crippen molar-refractivity contribution in [2.24, 2.45) is 5.92 Å². The Bertz CT molecular complexity index is 414. The van der Waals surface area contributed by atoms with Gasteiger partial charge in [-0.2, -0.15) is 0 Å². The van der Waals surface area contributed by atoms with Crippen molar-refractivity contribution < 1.29 is 24.2 Å². The molecular weight excluding hydrogens is 266 g/mol. The normalized spacial score (nSPS) is 26.9. The number of aliphatic carboxylic acids is 1. The molecule has 0 bridgehead atoms. The first-order valence-electron chi connectivity index (χ1n) is 6.59. The number of nitrogens with zero attached hydrogens (tertiary/aromatic N) is 2. The molecule has 0 aromatic heterocycles. The molecule has 0 aromatic rings. The summed E-state index contributed by atoms with van der Waals surface area (Å²) in [7, 11) is 1.58. The molecule has 0 radical (unpaired) electrons. The standard InChI is InChI=1S/C12H19N3O5/c1-14(9-7-20-6-8(9)11(17)18)12(19)15-4-2-10(16)13-3-5-15/h8-9H,2-7H2,1H3,(H,13,16)(H,17,18). The summed E-state index contributed by atoms with van der Waals surface area (Å²) in [5.41, 5.74) is 0. The second kappa shape index (κ2) is 6.08. The van der Waals surface area contributed by atoms with Crippen molar-refractivity contribution in [3.63, 3.8) is 0 Å². The summed E-state index contributed by atoms with van der Waals surface area (Å²) in [6, 6.07) is -0.727. The molecule has 2 fully saturated rings. The molecule has 2 N–H and O–H groups in total. The van der Waals surface area contributed by atoms with Gasteiger partial charge in [-0.3, -0.25) is 9.59 Å². The number of likely N-dealkylation sites (N-methyl/N-ethyl adjacent to an activating group) is 1. The highest BCUT2D eigenvalue weighted by atomic mass is 16.5. The lowest BCUT2D eigenvalue weighted by atomic mass is 10.0. The van der Waals surface area contributed by atoms with Crippen LogP contribution in [0.1, 0.15) is 6.42 Å². The average molecular weight is 285 g/mol. The summed E-state index contributed by atoms with van der Waals surface area (Å²) in [5.74, 6) is -1.73. The van der Waals surface area contributed by atoms with Crippen LogP contribution in [0.5, 0.6) is 0 Å². The molecule has 2 rings (SSSR count). The fraction of sp³-hybridized carbons (Fsp3) is 0.750. The Labute approximate surface area is 116 Å². The van der Waals surface area contributed by atoms with Crippen molar-refractivity contribution in [1.82, 2.24) is 15.1 Å². The predicted molar refractivity (Wildman–Crippen MR) is 68.1 cm³/mol. The Morgan fingerprint density at radius 2 is 2.15 bits per heavy atom. The van der Waals surface area contributed by atoms with E-state index in [0.717, 1.165) is 0 Å². The molecule has 2 aliphatic heterocycles. The van der Waals surface area contributed by atoms with Crippen LogP contribution in [-0.2, 0) is 14.3 Å². The molecule has 0 spiro atoms. The van der Waals surface area contributed by atoms with Gasteiger partial charge in [0.25, 0.3) is 0 Å². The van der Waals surface area contributed by atoms with Crippen molar-refractivity contribution in [1.29, 1.82) is 0 Å². The van der Waals surface area contributed by atoms with Crippen LogP contribution in [0.25, 0.3) is 0 Å². The van der Waals surface area contributed by atoms with Crippen molar-refractivity contribution in [2.75, 3.05) is 39.9 Å².